The Bertz CT molecular complexity index is 626. The van der Waals surface area contributed by atoms with Crippen molar-refractivity contribution in [1.82, 2.24) is 15.1 Å². The van der Waals surface area contributed by atoms with Gasteiger partial charge in [-0.05, 0) is 31.4 Å². The van der Waals surface area contributed by atoms with Crippen LogP contribution in [0, 0.1) is 0 Å². The SMILES string of the molecule is CC(C(=O)NC(CCC(=O)O)Cc1ccccc1)n1cccn1. The summed E-state index contributed by atoms with van der Waals surface area (Å²) in [7, 11) is 0. The molecule has 2 aromatic rings. The van der Waals surface area contributed by atoms with Gasteiger partial charge in [0.25, 0.3) is 0 Å². The van der Waals surface area contributed by atoms with Crippen molar-refractivity contribution in [2.24, 2.45) is 0 Å². The van der Waals surface area contributed by atoms with E-state index in [2.05, 4.69) is 10.4 Å². The van der Waals surface area contributed by atoms with Gasteiger partial charge in [0.15, 0.2) is 0 Å². The van der Waals surface area contributed by atoms with Gasteiger partial charge in [-0.3, -0.25) is 14.3 Å². The van der Waals surface area contributed by atoms with Gasteiger partial charge >= 0.3 is 5.97 Å². The molecule has 0 spiro atoms. The minimum absolute atomic E-state index is 0.0218. The van der Waals surface area contributed by atoms with E-state index in [4.69, 9.17) is 5.11 Å². The zero-order valence-corrected chi connectivity index (χ0v) is 13.1. The fourth-order valence-corrected chi connectivity index (χ4v) is 2.37. The Morgan fingerprint density at radius 1 is 1.26 bits per heavy atom. The smallest absolute Gasteiger partial charge is 0.303 e. The van der Waals surface area contributed by atoms with E-state index >= 15 is 0 Å². The summed E-state index contributed by atoms with van der Waals surface area (Å²) < 4.78 is 1.58. The van der Waals surface area contributed by atoms with Crippen molar-refractivity contribution in [3.05, 3.63) is 54.4 Å². The average molecular weight is 315 g/mol. The van der Waals surface area contributed by atoms with E-state index in [1.165, 1.54) is 0 Å². The molecule has 2 rings (SSSR count). The Hall–Kier alpha value is -2.63. The molecule has 2 atom stereocenters. The molecule has 0 aliphatic heterocycles. The van der Waals surface area contributed by atoms with E-state index in [1.807, 2.05) is 30.3 Å². The lowest BCUT2D eigenvalue weighted by Gasteiger charge is -2.21. The molecule has 23 heavy (non-hydrogen) atoms. The van der Waals surface area contributed by atoms with Crippen molar-refractivity contribution in [3.63, 3.8) is 0 Å². The van der Waals surface area contributed by atoms with Crippen molar-refractivity contribution < 1.29 is 14.7 Å². The fraction of sp³-hybridized carbons (Fsp3) is 0.353. The third kappa shape index (κ3) is 5.25. The maximum atomic E-state index is 12.4. The fourth-order valence-electron chi connectivity index (χ4n) is 2.37. The number of nitrogens with one attached hydrogen (secondary N) is 1. The predicted molar refractivity (Wildman–Crippen MR) is 85.9 cm³/mol. The lowest BCUT2D eigenvalue weighted by atomic mass is 10.0. The minimum atomic E-state index is -0.863. The zero-order chi connectivity index (χ0) is 16.7. The molecule has 6 heteroatoms. The highest BCUT2D eigenvalue weighted by Crippen LogP contribution is 2.10. The molecule has 0 fully saturated rings. The van der Waals surface area contributed by atoms with Crippen LogP contribution in [0.4, 0.5) is 0 Å². The van der Waals surface area contributed by atoms with E-state index < -0.39 is 12.0 Å². The van der Waals surface area contributed by atoms with Gasteiger partial charge < -0.3 is 10.4 Å². The first-order valence-corrected chi connectivity index (χ1v) is 7.61. The molecule has 6 nitrogen and oxygen atoms in total. The third-order valence-corrected chi connectivity index (χ3v) is 3.68. The number of carboxylic acid groups (broad SMARTS) is 1. The Labute approximate surface area is 135 Å². The topological polar surface area (TPSA) is 84.2 Å². The maximum absolute atomic E-state index is 12.4. The summed E-state index contributed by atoms with van der Waals surface area (Å²) in [4.78, 5) is 23.2. The molecular formula is C17H21N3O3. The number of hydrogen-bond donors (Lipinski definition) is 2. The van der Waals surface area contributed by atoms with Gasteiger partial charge in [-0.15, -0.1) is 0 Å². The molecule has 0 aliphatic rings. The molecule has 0 bridgehead atoms. The van der Waals surface area contributed by atoms with Crippen LogP contribution in [0.15, 0.2) is 48.8 Å². The van der Waals surface area contributed by atoms with Crippen LogP contribution in [0.25, 0.3) is 0 Å². The highest BCUT2D eigenvalue weighted by atomic mass is 16.4. The van der Waals surface area contributed by atoms with Gasteiger partial charge in [0.05, 0.1) is 0 Å². The number of amides is 1. The molecule has 1 amide bonds. The molecule has 0 radical (unpaired) electrons. The van der Waals surface area contributed by atoms with Gasteiger partial charge in [0.2, 0.25) is 5.91 Å². The largest absolute Gasteiger partial charge is 0.481 e. The molecule has 122 valence electrons. The minimum Gasteiger partial charge on any atom is -0.481 e. The second-order valence-corrected chi connectivity index (χ2v) is 5.49. The first-order valence-electron chi connectivity index (χ1n) is 7.61. The molecular weight excluding hydrogens is 294 g/mol. The number of rotatable bonds is 8. The summed E-state index contributed by atoms with van der Waals surface area (Å²) in [5, 5.41) is 15.9. The highest BCUT2D eigenvalue weighted by Gasteiger charge is 2.20. The number of aromatic nitrogens is 2. The number of hydrogen-bond acceptors (Lipinski definition) is 3. The van der Waals surface area contributed by atoms with Gasteiger partial charge in [0.1, 0.15) is 6.04 Å². The average Bonchev–Trinajstić information content (AvgIpc) is 3.07. The van der Waals surface area contributed by atoms with Gasteiger partial charge in [0, 0.05) is 24.9 Å². The van der Waals surface area contributed by atoms with Crippen LogP contribution >= 0.6 is 0 Å². The summed E-state index contributed by atoms with van der Waals surface area (Å²) in [6, 6.07) is 10.8. The van der Waals surface area contributed by atoms with Crippen LogP contribution in [0.1, 0.15) is 31.4 Å². The van der Waals surface area contributed by atoms with Gasteiger partial charge in [-0.1, -0.05) is 30.3 Å². The Balaban J connectivity index is 2.01. The maximum Gasteiger partial charge on any atom is 0.303 e. The van der Waals surface area contributed by atoms with Crippen LogP contribution < -0.4 is 5.32 Å². The van der Waals surface area contributed by atoms with Crippen molar-refractivity contribution in [3.8, 4) is 0 Å². The van der Waals surface area contributed by atoms with Crippen molar-refractivity contribution in [1.29, 1.82) is 0 Å². The molecule has 2 unspecified atom stereocenters. The van der Waals surface area contributed by atoms with Crippen LogP contribution in [-0.4, -0.2) is 32.8 Å². The van der Waals surface area contributed by atoms with E-state index in [1.54, 1.807) is 30.1 Å². The first kappa shape index (κ1) is 16.7. The summed E-state index contributed by atoms with van der Waals surface area (Å²) in [5.74, 6) is -1.03. The number of aliphatic carboxylic acids is 1. The Morgan fingerprint density at radius 2 is 2.00 bits per heavy atom. The quantitative estimate of drug-likeness (QED) is 0.781. The molecule has 1 heterocycles. The third-order valence-electron chi connectivity index (χ3n) is 3.68. The predicted octanol–water partition coefficient (Wildman–Crippen LogP) is 2.04. The van der Waals surface area contributed by atoms with Crippen LogP contribution in [0.5, 0.6) is 0 Å². The monoisotopic (exact) mass is 315 g/mol. The highest BCUT2D eigenvalue weighted by molar-refractivity contribution is 5.80. The second kappa shape index (κ2) is 8.12. The van der Waals surface area contributed by atoms with E-state index in [-0.39, 0.29) is 18.4 Å². The molecule has 1 aromatic heterocycles. The van der Waals surface area contributed by atoms with Gasteiger partial charge in [-0.2, -0.15) is 5.10 Å². The normalized spacial score (nSPS) is 13.3. The molecule has 2 N–H and O–H groups in total. The summed E-state index contributed by atoms with van der Waals surface area (Å²) >= 11 is 0. The van der Waals surface area contributed by atoms with Crippen molar-refractivity contribution in [2.45, 2.75) is 38.3 Å². The summed E-state index contributed by atoms with van der Waals surface area (Å²) in [6.07, 6.45) is 4.37. The lowest BCUT2D eigenvalue weighted by Crippen LogP contribution is -2.40. The standard InChI is InChI=1S/C17H21N3O3/c1-13(20-11-5-10-18-20)17(23)19-15(8-9-16(21)22)12-14-6-3-2-4-7-14/h2-7,10-11,13,15H,8-9,12H2,1H3,(H,19,23)(H,21,22). The van der Waals surface area contributed by atoms with Gasteiger partial charge in [-0.25, -0.2) is 0 Å². The summed E-state index contributed by atoms with van der Waals surface area (Å²) in [5.41, 5.74) is 1.06. The number of benzene rings is 1. The number of carboxylic acids is 1. The molecule has 0 aliphatic carbocycles. The number of carbonyl (C=O) groups excluding carboxylic acids is 1. The Morgan fingerprint density at radius 3 is 2.61 bits per heavy atom. The molecule has 0 saturated carbocycles. The van der Waals surface area contributed by atoms with Crippen LogP contribution in [-0.2, 0) is 16.0 Å². The molecule has 0 saturated heterocycles. The van der Waals surface area contributed by atoms with Crippen LogP contribution in [0.2, 0.25) is 0 Å². The lowest BCUT2D eigenvalue weighted by molar-refractivity contribution is -0.137. The van der Waals surface area contributed by atoms with Crippen molar-refractivity contribution in [2.75, 3.05) is 0 Å². The Kier molecular flexibility index (Phi) is 5.91. The van der Waals surface area contributed by atoms with E-state index in [0.29, 0.717) is 12.8 Å². The van der Waals surface area contributed by atoms with Crippen molar-refractivity contribution >= 4 is 11.9 Å². The number of nitrogens with zero attached hydrogens (tertiary/aromatic N) is 2. The second-order valence-electron chi connectivity index (χ2n) is 5.49. The van der Waals surface area contributed by atoms with E-state index in [9.17, 15) is 9.59 Å². The van der Waals surface area contributed by atoms with E-state index in [0.717, 1.165) is 5.56 Å². The first-order chi connectivity index (χ1) is 11.1. The van der Waals surface area contributed by atoms with Crippen LogP contribution in [0.3, 0.4) is 0 Å². The zero-order valence-electron chi connectivity index (χ0n) is 13.1. The number of carbonyl (C=O) groups is 2. The summed E-state index contributed by atoms with van der Waals surface area (Å²) in [6.45, 7) is 1.76. The molecule has 1 aromatic carbocycles.